The minimum absolute atomic E-state index is 0.513. The topological polar surface area (TPSA) is 47.0 Å². The van der Waals surface area contributed by atoms with Gasteiger partial charge in [-0.3, -0.25) is 0 Å². The van der Waals surface area contributed by atoms with E-state index in [-0.39, 0.29) is 0 Å². The zero-order valence-corrected chi connectivity index (χ0v) is 20.5. The van der Waals surface area contributed by atoms with Gasteiger partial charge in [-0.15, -0.1) is 0 Å². The lowest BCUT2D eigenvalue weighted by atomic mass is 10.3. The molecule has 5 heteroatoms. The van der Waals surface area contributed by atoms with E-state index in [0.29, 0.717) is 10.9 Å². The first kappa shape index (κ1) is 22.7. The van der Waals surface area contributed by atoms with Gasteiger partial charge in [0.2, 0.25) is 0 Å². The van der Waals surface area contributed by atoms with Crippen LogP contribution in [0.25, 0.3) is 0 Å². The Balaban J connectivity index is 2.29. The van der Waals surface area contributed by atoms with E-state index in [4.69, 9.17) is 4.98 Å². The summed E-state index contributed by atoms with van der Waals surface area (Å²) in [6, 6.07) is 24.6. The molecule has 0 radical (unpaired) electrons. The first-order chi connectivity index (χ1) is 13.9. The normalized spacial score (nSPS) is 16.5. The van der Waals surface area contributed by atoms with Crippen molar-refractivity contribution in [3.05, 3.63) is 78.9 Å². The molecule has 0 fully saturated rings. The van der Waals surface area contributed by atoms with Crippen LogP contribution in [-0.4, -0.2) is 15.3 Å². The second-order valence-corrected chi connectivity index (χ2v) is 16.7. The maximum atomic E-state index is 14.6. The van der Waals surface area contributed by atoms with E-state index in [9.17, 15) is 9.13 Å². The molecule has 3 nitrogen and oxygen atoms in total. The third-order valence-corrected chi connectivity index (χ3v) is 13.1. The molecule has 0 saturated carbocycles. The molecule has 2 aromatic carbocycles. The van der Waals surface area contributed by atoms with Crippen LogP contribution in [0.5, 0.6) is 0 Å². The molecule has 3 aromatic rings. The quantitative estimate of drug-likeness (QED) is 0.518. The molecule has 2 atom stereocenters. The molecule has 1 aromatic heterocycles. The standard InChI is InChI=1S/C25H31NO2P2/c1-24(2,3)29(27,20-14-9-7-10-15-20)22-18-13-19-23(26-22)30(28,25(4,5)6)21-16-11-8-12-17-21/h7-19H,1-6H3. The molecule has 0 bridgehead atoms. The third-order valence-electron chi connectivity index (χ3n) is 5.49. The molecule has 0 aliphatic carbocycles. The Hall–Kier alpha value is -1.95. The lowest BCUT2D eigenvalue weighted by Gasteiger charge is -2.34. The molecule has 158 valence electrons. The monoisotopic (exact) mass is 439 g/mol. The van der Waals surface area contributed by atoms with E-state index in [0.717, 1.165) is 10.6 Å². The summed E-state index contributed by atoms with van der Waals surface area (Å²) in [5.41, 5.74) is 1.03. The molecule has 0 aliphatic heterocycles. The lowest BCUT2D eigenvalue weighted by Crippen LogP contribution is -2.37. The Morgan fingerprint density at radius 3 is 1.17 bits per heavy atom. The summed E-state index contributed by atoms with van der Waals surface area (Å²) >= 11 is 0. The van der Waals surface area contributed by atoms with Crippen LogP contribution in [0.2, 0.25) is 0 Å². The lowest BCUT2D eigenvalue weighted by molar-refractivity contribution is 0.562. The molecule has 3 rings (SSSR count). The van der Waals surface area contributed by atoms with E-state index in [1.54, 1.807) is 0 Å². The van der Waals surface area contributed by atoms with Crippen molar-refractivity contribution < 1.29 is 9.13 Å². The predicted molar refractivity (Wildman–Crippen MR) is 130 cm³/mol. The second kappa shape index (κ2) is 7.95. The van der Waals surface area contributed by atoms with E-state index in [1.165, 1.54) is 0 Å². The van der Waals surface area contributed by atoms with Crippen LogP contribution in [0.4, 0.5) is 0 Å². The first-order valence-corrected chi connectivity index (χ1v) is 13.6. The van der Waals surface area contributed by atoms with Gasteiger partial charge in [0.15, 0.2) is 14.3 Å². The van der Waals surface area contributed by atoms with Gasteiger partial charge < -0.3 is 9.13 Å². The van der Waals surface area contributed by atoms with Gasteiger partial charge in [0, 0.05) is 20.9 Å². The fourth-order valence-corrected chi connectivity index (χ4v) is 9.57. The maximum absolute atomic E-state index is 14.6. The van der Waals surface area contributed by atoms with Crippen LogP contribution in [0.1, 0.15) is 41.5 Å². The van der Waals surface area contributed by atoms with E-state index in [1.807, 2.05) is 120 Å². The average molecular weight is 439 g/mol. The molecule has 30 heavy (non-hydrogen) atoms. The summed E-state index contributed by atoms with van der Waals surface area (Å²) in [4.78, 5) is 4.88. The predicted octanol–water partition coefficient (Wildman–Crippen LogP) is 5.31. The van der Waals surface area contributed by atoms with E-state index < -0.39 is 24.6 Å². The summed E-state index contributed by atoms with van der Waals surface area (Å²) in [6.07, 6.45) is 0. The molecular formula is C25H31NO2P2. The minimum Gasteiger partial charge on any atom is -0.311 e. The summed E-state index contributed by atoms with van der Waals surface area (Å²) in [5.74, 6) is 0. The van der Waals surface area contributed by atoms with Gasteiger partial charge in [0.1, 0.15) is 10.9 Å². The number of pyridine rings is 1. The van der Waals surface area contributed by atoms with Crippen LogP contribution < -0.4 is 21.5 Å². The number of benzene rings is 2. The van der Waals surface area contributed by atoms with Crippen LogP contribution >= 0.6 is 14.3 Å². The van der Waals surface area contributed by atoms with E-state index >= 15 is 0 Å². The highest BCUT2D eigenvalue weighted by atomic mass is 31.2. The Kier molecular flexibility index (Phi) is 6.02. The van der Waals surface area contributed by atoms with Crippen molar-refractivity contribution in [3.63, 3.8) is 0 Å². The van der Waals surface area contributed by atoms with Crippen LogP contribution in [0.3, 0.4) is 0 Å². The molecule has 2 unspecified atom stereocenters. The number of rotatable bonds is 4. The van der Waals surface area contributed by atoms with Crippen molar-refractivity contribution in [3.8, 4) is 0 Å². The molecule has 0 aliphatic rings. The number of aromatic nitrogens is 1. The summed E-state index contributed by atoms with van der Waals surface area (Å²) in [6.45, 7) is 11.9. The third kappa shape index (κ3) is 3.75. The highest BCUT2D eigenvalue weighted by molar-refractivity contribution is 7.81. The molecular weight excluding hydrogens is 408 g/mol. The highest BCUT2D eigenvalue weighted by Crippen LogP contribution is 2.57. The maximum Gasteiger partial charge on any atom is 0.165 e. The molecule has 1 heterocycles. The van der Waals surface area contributed by atoms with Crippen molar-refractivity contribution in [2.45, 2.75) is 51.9 Å². The Morgan fingerprint density at radius 2 is 0.867 bits per heavy atom. The summed E-state index contributed by atoms with van der Waals surface area (Å²) in [7, 11) is -6.16. The zero-order chi connectivity index (χ0) is 22.2. The van der Waals surface area contributed by atoms with Gasteiger partial charge in [-0.2, -0.15) is 0 Å². The van der Waals surface area contributed by atoms with Gasteiger partial charge in [-0.25, -0.2) is 4.98 Å². The average Bonchev–Trinajstić information content (AvgIpc) is 2.72. The van der Waals surface area contributed by atoms with Crippen LogP contribution in [0, 0.1) is 0 Å². The van der Waals surface area contributed by atoms with Crippen molar-refractivity contribution in [2.75, 3.05) is 0 Å². The Labute approximate surface area is 180 Å². The van der Waals surface area contributed by atoms with Gasteiger partial charge in [-0.1, -0.05) is 108 Å². The number of hydrogen-bond acceptors (Lipinski definition) is 3. The van der Waals surface area contributed by atoms with Gasteiger partial charge >= 0.3 is 0 Å². The number of hydrogen-bond donors (Lipinski definition) is 0. The smallest absolute Gasteiger partial charge is 0.165 e. The Morgan fingerprint density at radius 1 is 0.533 bits per heavy atom. The molecule has 0 saturated heterocycles. The van der Waals surface area contributed by atoms with Crippen molar-refractivity contribution in [1.29, 1.82) is 0 Å². The van der Waals surface area contributed by atoms with Gasteiger partial charge in [-0.05, 0) is 12.1 Å². The minimum atomic E-state index is -3.08. The van der Waals surface area contributed by atoms with Crippen molar-refractivity contribution >= 4 is 35.8 Å². The van der Waals surface area contributed by atoms with Crippen molar-refractivity contribution in [1.82, 2.24) is 4.98 Å². The summed E-state index contributed by atoms with van der Waals surface area (Å²) in [5, 5.41) is 0.483. The molecule has 0 N–H and O–H groups in total. The van der Waals surface area contributed by atoms with Crippen molar-refractivity contribution in [2.24, 2.45) is 0 Å². The fourth-order valence-electron chi connectivity index (χ4n) is 3.77. The van der Waals surface area contributed by atoms with Crippen LogP contribution in [0.15, 0.2) is 78.9 Å². The SMILES string of the molecule is CC(C)(C)P(=O)(c1ccccc1)c1cccc(P(=O)(c2ccccc2)C(C)(C)C)n1. The molecule has 0 amide bonds. The molecule has 0 spiro atoms. The number of nitrogens with zero attached hydrogens (tertiary/aromatic N) is 1. The summed E-state index contributed by atoms with van der Waals surface area (Å²) < 4.78 is 29.1. The van der Waals surface area contributed by atoms with E-state index in [2.05, 4.69) is 0 Å². The largest absolute Gasteiger partial charge is 0.311 e. The van der Waals surface area contributed by atoms with Gasteiger partial charge in [0.05, 0.1) is 0 Å². The fraction of sp³-hybridized carbons (Fsp3) is 0.320. The zero-order valence-electron chi connectivity index (χ0n) is 18.7. The first-order valence-electron chi connectivity index (χ1n) is 10.2. The van der Waals surface area contributed by atoms with Gasteiger partial charge in [0.25, 0.3) is 0 Å². The highest BCUT2D eigenvalue weighted by Gasteiger charge is 2.44. The second-order valence-electron chi connectivity index (χ2n) is 9.59. The van der Waals surface area contributed by atoms with Crippen LogP contribution in [-0.2, 0) is 9.13 Å². The Bertz CT molecular complexity index is 1020.